The standard InChI is InChI=1S/C17H12N2.C6H6.C3H3N3.C3H8.4C2H6/c1-3-9-15-13(7-1)14-8-2-4-10-16(14)19(15)17-11-5-6-12-18-17;1-2-4-6-5-3-1;1-4-2-6-3-5-1;1-3-2;4*1-2/h1-12H;1-6H;1-3H;3H2,1-2H3;4*1-2H3. The molecule has 6 aromatic rings. The van der Waals surface area contributed by atoms with Crippen molar-refractivity contribution in [2.45, 2.75) is 75.7 Å². The molecule has 0 aliphatic heterocycles. The van der Waals surface area contributed by atoms with Crippen LogP contribution in [0.1, 0.15) is 75.7 Å². The number of aromatic nitrogens is 5. The Balaban J connectivity index is 0. The normalized spacial score (nSPS) is 8.33. The van der Waals surface area contributed by atoms with E-state index >= 15 is 0 Å². The fourth-order valence-electron chi connectivity index (χ4n) is 3.25. The largest absolute Gasteiger partial charge is 0.294 e. The lowest BCUT2D eigenvalue weighted by Crippen LogP contribution is -1.95. The van der Waals surface area contributed by atoms with Crippen molar-refractivity contribution in [3.8, 4) is 5.82 Å². The lowest BCUT2D eigenvalue weighted by molar-refractivity contribution is 1.05. The molecule has 5 heteroatoms. The fraction of sp³-hybridized carbons (Fsp3) is 0.297. The molecule has 0 amide bonds. The summed E-state index contributed by atoms with van der Waals surface area (Å²) in [5.41, 5.74) is 2.39. The van der Waals surface area contributed by atoms with Crippen LogP contribution in [0, 0.1) is 0 Å². The van der Waals surface area contributed by atoms with Crippen molar-refractivity contribution in [2.75, 3.05) is 0 Å². The van der Waals surface area contributed by atoms with E-state index < -0.39 is 0 Å². The van der Waals surface area contributed by atoms with E-state index in [4.69, 9.17) is 0 Å². The Labute approximate surface area is 255 Å². The highest BCUT2D eigenvalue weighted by atomic mass is 15.1. The van der Waals surface area contributed by atoms with Crippen LogP contribution in [0.3, 0.4) is 0 Å². The average molecular weight is 568 g/mol. The van der Waals surface area contributed by atoms with Crippen molar-refractivity contribution >= 4 is 21.8 Å². The van der Waals surface area contributed by atoms with Gasteiger partial charge in [-0.25, -0.2) is 19.9 Å². The van der Waals surface area contributed by atoms with Crippen LogP contribution in [-0.4, -0.2) is 24.5 Å². The van der Waals surface area contributed by atoms with Crippen LogP contribution < -0.4 is 0 Å². The van der Waals surface area contributed by atoms with Gasteiger partial charge in [0.25, 0.3) is 0 Å². The summed E-state index contributed by atoms with van der Waals surface area (Å²) >= 11 is 0. The molecule has 0 N–H and O–H groups in total. The van der Waals surface area contributed by atoms with E-state index in [-0.39, 0.29) is 0 Å². The van der Waals surface area contributed by atoms with Gasteiger partial charge in [-0.15, -0.1) is 0 Å². The summed E-state index contributed by atoms with van der Waals surface area (Å²) in [5.74, 6) is 0.958. The summed E-state index contributed by atoms with van der Waals surface area (Å²) in [4.78, 5) is 15.2. The number of para-hydroxylation sites is 2. The maximum atomic E-state index is 4.48. The maximum absolute atomic E-state index is 4.48. The molecule has 0 bridgehead atoms. The van der Waals surface area contributed by atoms with E-state index in [1.165, 1.54) is 47.2 Å². The zero-order valence-corrected chi connectivity index (χ0v) is 27.6. The summed E-state index contributed by atoms with van der Waals surface area (Å²) in [6.45, 7) is 20.2. The molecule has 3 aromatic heterocycles. The summed E-state index contributed by atoms with van der Waals surface area (Å²) in [5, 5.41) is 2.53. The van der Waals surface area contributed by atoms with Crippen LogP contribution >= 0.6 is 0 Å². The summed E-state index contributed by atoms with van der Waals surface area (Å²) < 4.78 is 2.21. The molecule has 0 radical (unpaired) electrons. The van der Waals surface area contributed by atoms with E-state index in [9.17, 15) is 0 Å². The molecule has 226 valence electrons. The first-order valence-electron chi connectivity index (χ1n) is 15.3. The SMILES string of the molecule is CC.CC.CC.CC.CCC.c1ccc(-n2c3ccccc3c3ccccc32)nc1.c1ccccc1.c1ncncn1. The minimum Gasteiger partial charge on any atom is -0.294 e. The topological polar surface area (TPSA) is 56.5 Å². The Morgan fingerprint density at radius 2 is 0.786 bits per heavy atom. The first-order chi connectivity index (χ1) is 20.9. The van der Waals surface area contributed by atoms with Gasteiger partial charge in [0.2, 0.25) is 0 Å². The van der Waals surface area contributed by atoms with Gasteiger partial charge in [0.1, 0.15) is 24.8 Å². The molecule has 0 saturated carbocycles. The highest BCUT2D eigenvalue weighted by Gasteiger charge is 2.10. The summed E-state index contributed by atoms with van der Waals surface area (Å²) in [6.07, 6.45) is 7.39. The van der Waals surface area contributed by atoms with E-state index in [1.807, 2.05) is 116 Å². The van der Waals surface area contributed by atoms with Gasteiger partial charge in [-0.2, -0.15) is 0 Å². The molecule has 3 aromatic carbocycles. The van der Waals surface area contributed by atoms with Crippen molar-refractivity contribution in [3.63, 3.8) is 0 Å². The first-order valence-corrected chi connectivity index (χ1v) is 15.3. The second kappa shape index (κ2) is 29.6. The van der Waals surface area contributed by atoms with Gasteiger partial charge >= 0.3 is 0 Å². The minimum atomic E-state index is 0.958. The summed E-state index contributed by atoms with van der Waals surface area (Å²) in [7, 11) is 0. The van der Waals surface area contributed by atoms with Crippen LogP contribution in [0.4, 0.5) is 0 Å². The molecule has 0 saturated heterocycles. The second-order valence-electron chi connectivity index (χ2n) is 7.21. The molecule has 0 atom stereocenters. The Bertz CT molecular complexity index is 1200. The predicted molar refractivity (Wildman–Crippen MR) is 186 cm³/mol. The molecular formula is C37H53N5. The summed E-state index contributed by atoms with van der Waals surface area (Å²) in [6, 6.07) is 34.9. The van der Waals surface area contributed by atoms with Crippen molar-refractivity contribution in [1.29, 1.82) is 0 Å². The molecule has 0 unspecified atom stereocenters. The third-order valence-corrected chi connectivity index (χ3v) is 4.53. The van der Waals surface area contributed by atoms with Gasteiger partial charge in [0.05, 0.1) is 11.0 Å². The monoisotopic (exact) mass is 567 g/mol. The lowest BCUT2D eigenvalue weighted by atomic mass is 10.2. The number of hydrogen-bond acceptors (Lipinski definition) is 4. The van der Waals surface area contributed by atoms with Gasteiger partial charge in [-0.1, -0.05) is 155 Å². The first kappa shape index (κ1) is 39.8. The molecule has 6 rings (SSSR count). The van der Waals surface area contributed by atoms with E-state index in [0.717, 1.165) is 5.82 Å². The number of hydrogen-bond donors (Lipinski definition) is 0. The Morgan fingerprint density at radius 1 is 0.452 bits per heavy atom. The van der Waals surface area contributed by atoms with Crippen molar-refractivity contribution in [1.82, 2.24) is 24.5 Å². The third kappa shape index (κ3) is 14.8. The van der Waals surface area contributed by atoms with E-state index in [0.29, 0.717) is 0 Å². The molecule has 5 nitrogen and oxygen atoms in total. The Hall–Kier alpha value is -4.38. The minimum absolute atomic E-state index is 0.958. The zero-order chi connectivity index (χ0) is 31.8. The van der Waals surface area contributed by atoms with Crippen LogP contribution in [0.25, 0.3) is 27.6 Å². The second-order valence-corrected chi connectivity index (χ2v) is 7.21. The van der Waals surface area contributed by atoms with Crippen LogP contribution in [-0.2, 0) is 0 Å². The Kier molecular flexibility index (Phi) is 28.0. The molecule has 0 spiro atoms. The Morgan fingerprint density at radius 3 is 1.10 bits per heavy atom. The molecule has 0 aliphatic carbocycles. The molecule has 42 heavy (non-hydrogen) atoms. The van der Waals surface area contributed by atoms with E-state index in [2.05, 4.69) is 86.9 Å². The maximum Gasteiger partial charge on any atom is 0.137 e. The quantitative estimate of drug-likeness (QED) is 0.198. The van der Waals surface area contributed by atoms with Gasteiger partial charge in [-0.05, 0) is 24.3 Å². The van der Waals surface area contributed by atoms with Gasteiger partial charge in [0.15, 0.2) is 0 Å². The molecule has 0 fully saturated rings. The number of benzene rings is 3. The van der Waals surface area contributed by atoms with Crippen LogP contribution in [0.5, 0.6) is 0 Å². The number of pyridine rings is 1. The fourth-order valence-corrected chi connectivity index (χ4v) is 3.25. The van der Waals surface area contributed by atoms with E-state index in [1.54, 1.807) is 0 Å². The number of nitrogens with zero attached hydrogens (tertiary/aromatic N) is 5. The van der Waals surface area contributed by atoms with Gasteiger partial charge < -0.3 is 0 Å². The highest BCUT2D eigenvalue weighted by Crippen LogP contribution is 2.30. The molecular weight excluding hydrogens is 514 g/mol. The molecule has 0 aliphatic rings. The predicted octanol–water partition coefficient (Wildman–Crippen LogP) is 11.3. The van der Waals surface area contributed by atoms with Crippen LogP contribution in [0.2, 0.25) is 0 Å². The average Bonchev–Trinajstić information content (AvgIpc) is 3.46. The molecule has 3 heterocycles. The van der Waals surface area contributed by atoms with Crippen molar-refractivity contribution < 1.29 is 0 Å². The smallest absolute Gasteiger partial charge is 0.137 e. The zero-order valence-electron chi connectivity index (χ0n) is 27.6. The highest BCUT2D eigenvalue weighted by molar-refractivity contribution is 6.09. The number of fused-ring (bicyclic) bond motifs is 3. The number of rotatable bonds is 1. The van der Waals surface area contributed by atoms with Gasteiger partial charge in [-0.3, -0.25) is 4.57 Å². The van der Waals surface area contributed by atoms with Crippen LogP contribution in [0.15, 0.2) is 128 Å². The van der Waals surface area contributed by atoms with Gasteiger partial charge in [0, 0.05) is 17.0 Å². The lowest BCUT2D eigenvalue weighted by Gasteiger charge is -2.05. The van der Waals surface area contributed by atoms with Crippen molar-refractivity contribution in [2.24, 2.45) is 0 Å². The third-order valence-electron chi connectivity index (χ3n) is 4.53. The van der Waals surface area contributed by atoms with Crippen molar-refractivity contribution in [3.05, 3.63) is 128 Å².